The molecule has 0 aliphatic carbocycles. The number of benzene rings is 1. The summed E-state index contributed by atoms with van der Waals surface area (Å²) in [6.45, 7) is 2.96. The summed E-state index contributed by atoms with van der Waals surface area (Å²) in [6.07, 6.45) is 4.27. The zero-order chi connectivity index (χ0) is 11.1. The summed E-state index contributed by atoms with van der Waals surface area (Å²) in [5.41, 5.74) is 1.23. The van der Waals surface area contributed by atoms with Gasteiger partial charge in [-0.1, -0.05) is 30.4 Å². The molecular formula is C13H19NO. The quantitative estimate of drug-likeness (QED) is 0.746. The van der Waals surface area contributed by atoms with Crippen molar-refractivity contribution in [1.29, 1.82) is 0 Å². The Hall–Kier alpha value is -1.28. The molecule has 0 fully saturated rings. The van der Waals surface area contributed by atoms with E-state index in [1.807, 2.05) is 32.2 Å². The Kier molecular flexibility index (Phi) is 4.91. The summed E-state index contributed by atoms with van der Waals surface area (Å²) in [5, 5.41) is 3.20. The second kappa shape index (κ2) is 6.25. The summed E-state index contributed by atoms with van der Waals surface area (Å²) in [5.74, 6) is 1.33. The number of likely N-dealkylation sites (N-methyl/N-ethyl adjacent to an activating group) is 1. The molecule has 0 aliphatic heterocycles. The Balaban J connectivity index is 2.98. The molecular weight excluding hydrogens is 186 g/mol. The van der Waals surface area contributed by atoms with Crippen LogP contribution in [-0.4, -0.2) is 20.7 Å². The predicted octanol–water partition coefficient (Wildman–Crippen LogP) is 2.57. The first kappa shape index (κ1) is 11.8. The molecule has 1 aromatic carbocycles. The van der Waals surface area contributed by atoms with E-state index in [1.165, 1.54) is 5.56 Å². The van der Waals surface area contributed by atoms with Crippen molar-refractivity contribution in [2.24, 2.45) is 0 Å². The molecule has 82 valence electrons. The lowest BCUT2D eigenvalue weighted by molar-refractivity contribution is 0.407. The molecule has 15 heavy (non-hydrogen) atoms. The van der Waals surface area contributed by atoms with Gasteiger partial charge in [0.1, 0.15) is 5.75 Å². The second-order valence-corrected chi connectivity index (χ2v) is 3.43. The number of hydrogen-bond acceptors (Lipinski definition) is 2. The number of nitrogens with one attached hydrogen (secondary N) is 1. The van der Waals surface area contributed by atoms with Crippen molar-refractivity contribution in [3.8, 4) is 5.75 Å². The summed E-state index contributed by atoms with van der Waals surface area (Å²) < 4.78 is 5.36. The average molecular weight is 205 g/mol. The number of methoxy groups -OCH3 is 1. The van der Waals surface area contributed by atoms with Gasteiger partial charge in [0.2, 0.25) is 0 Å². The van der Waals surface area contributed by atoms with Gasteiger partial charge in [0.05, 0.1) is 7.11 Å². The van der Waals surface area contributed by atoms with Gasteiger partial charge in [-0.15, -0.1) is 0 Å². The van der Waals surface area contributed by atoms with E-state index >= 15 is 0 Å². The molecule has 0 aliphatic rings. The fraction of sp³-hybridized carbons (Fsp3) is 0.385. The van der Waals surface area contributed by atoms with Crippen LogP contribution < -0.4 is 10.1 Å². The fourth-order valence-corrected chi connectivity index (χ4v) is 1.71. The Morgan fingerprint density at radius 2 is 2.13 bits per heavy atom. The van der Waals surface area contributed by atoms with Crippen LogP contribution in [0.15, 0.2) is 36.4 Å². The molecule has 0 heterocycles. The van der Waals surface area contributed by atoms with Crippen molar-refractivity contribution < 1.29 is 4.74 Å². The standard InChI is InChI=1S/C13H19NO/c1-4-7-11(10-14-2)12-8-5-6-9-13(12)15-3/h4-9,11,14H,10H2,1-3H3/b7-4+. The fourth-order valence-electron chi connectivity index (χ4n) is 1.71. The maximum atomic E-state index is 5.36. The lowest BCUT2D eigenvalue weighted by Gasteiger charge is -2.16. The first-order valence-corrected chi connectivity index (χ1v) is 5.23. The number of para-hydroxylation sites is 1. The third kappa shape index (κ3) is 3.10. The molecule has 0 spiro atoms. The van der Waals surface area contributed by atoms with Gasteiger partial charge in [-0.3, -0.25) is 0 Å². The molecule has 0 saturated carbocycles. The molecule has 0 radical (unpaired) electrons. The minimum Gasteiger partial charge on any atom is -0.496 e. The van der Waals surface area contributed by atoms with Crippen LogP contribution in [0, 0.1) is 0 Å². The van der Waals surface area contributed by atoms with Gasteiger partial charge < -0.3 is 10.1 Å². The highest BCUT2D eigenvalue weighted by Crippen LogP contribution is 2.26. The summed E-state index contributed by atoms with van der Waals surface area (Å²) in [6, 6.07) is 8.15. The molecule has 2 nitrogen and oxygen atoms in total. The molecule has 0 bridgehead atoms. The minimum absolute atomic E-state index is 0.371. The topological polar surface area (TPSA) is 21.3 Å². The van der Waals surface area contributed by atoms with Crippen molar-refractivity contribution in [1.82, 2.24) is 5.32 Å². The monoisotopic (exact) mass is 205 g/mol. The summed E-state index contributed by atoms with van der Waals surface area (Å²) >= 11 is 0. The van der Waals surface area contributed by atoms with Gasteiger partial charge >= 0.3 is 0 Å². The molecule has 1 N–H and O–H groups in total. The van der Waals surface area contributed by atoms with Gasteiger partial charge in [0.25, 0.3) is 0 Å². The highest BCUT2D eigenvalue weighted by Gasteiger charge is 2.11. The van der Waals surface area contributed by atoms with Crippen LogP contribution in [-0.2, 0) is 0 Å². The first-order chi connectivity index (χ1) is 7.33. The van der Waals surface area contributed by atoms with Crippen LogP contribution in [0.1, 0.15) is 18.4 Å². The van der Waals surface area contributed by atoms with Gasteiger partial charge in [-0.25, -0.2) is 0 Å². The molecule has 1 atom stereocenters. The zero-order valence-electron chi connectivity index (χ0n) is 9.66. The van der Waals surface area contributed by atoms with E-state index in [0.29, 0.717) is 5.92 Å². The Morgan fingerprint density at radius 3 is 2.73 bits per heavy atom. The number of ether oxygens (including phenoxy) is 1. The number of allylic oxidation sites excluding steroid dienone is 1. The third-order valence-electron chi connectivity index (χ3n) is 2.39. The van der Waals surface area contributed by atoms with Crippen LogP contribution in [0.5, 0.6) is 5.75 Å². The van der Waals surface area contributed by atoms with E-state index in [9.17, 15) is 0 Å². The predicted molar refractivity (Wildman–Crippen MR) is 64.5 cm³/mol. The lowest BCUT2D eigenvalue weighted by atomic mass is 9.97. The van der Waals surface area contributed by atoms with Crippen LogP contribution in [0.25, 0.3) is 0 Å². The molecule has 1 unspecified atom stereocenters. The van der Waals surface area contributed by atoms with E-state index in [4.69, 9.17) is 4.74 Å². The van der Waals surface area contributed by atoms with Gasteiger partial charge in [-0.2, -0.15) is 0 Å². The average Bonchev–Trinajstić information content (AvgIpc) is 2.29. The Morgan fingerprint density at radius 1 is 1.40 bits per heavy atom. The van der Waals surface area contributed by atoms with Gasteiger partial charge in [0, 0.05) is 18.0 Å². The molecule has 1 rings (SSSR count). The van der Waals surface area contributed by atoms with E-state index in [0.717, 1.165) is 12.3 Å². The summed E-state index contributed by atoms with van der Waals surface area (Å²) in [4.78, 5) is 0. The zero-order valence-corrected chi connectivity index (χ0v) is 9.66. The van der Waals surface area contributed by atoms with Crippen molar-refractivity contribution in [3.63, 3.8) is 0 Å². The molecule has 0 aromatic heterocycles. The van der Waals surface area contributed by atoms with Crippen molar-refractivity contribution in [2.75, 3.05) is 20.7 Å². The van der Waals surface area contributed by atoms with Crippen molar-refractivity contribution in [2.45, 2.75) is 12.8 Å². The Bertz CT molecular complexity index is 320. The van der Waals surface area contributed by atoms with Crippen LogP contribution >= 0.6 is 0 Å². The maximum absolute atomic E-state index is 5.36. The number of rotatable bonds is 5. The lowest BCUT2D eigenvalue weighted by Crippen LogP contribution is -2.16. The van der Waals surface area contributed by atoms with E-state index in [1.54, 1.807) is 7.11 Å². The highest BCUT2D eigenvalue weighted by atomic mass is 16.5. The largest absolute Gasteiger partial charge is 0.496 e. The first-order valence-electron chi connectivity index (χ1n) is 5.23. The normalized spacial score (nSPS) is 13.0. The van der Waals surface area contributed by atoms with Gasteiger partial charge in [0.15, 0.2) is 0 Å². The minimum atomic E-state index is 0.371. The highest BCUT2D eigenvalue weighted by molar-refractivity contribution is 5.38. The smallest absolute Gasteiger partial charge is 0.122 e. The molecule has 2 heteroatoms. The van der Waals surface area contributed by atoms with Crippen LogP contribution in [0.2, 0.25) is 0 Å². The second-order valence-electron chi connectivity index (χ2n) is 3.43. The van der Waals surface area contributed by atoms with E-state index in [-0.39, 0.29) is 0 Å². The maximum Gasteiger partial charge on any atom is 0.122 e. The van der Waals surface area contributed by atoms with Crippen molar-refractivity contribution >= 4 is 0 Å². The van der Waals surface area contributed by atoms with Gasteiger partial charge in [-0.05, 0) is 20.0 Å². The molecule has 1 aromatic rings. The third-order valence-corrected chi connectivity index (χ3v) is 2.39. The SMILES string of the molecule is C/C=C/C(CNC)c1ccccc1OC. The number of hydrogen-bond donors (Lipinski definition) is 1. The van der Waals surface area contributed by atoms with Crippen LogP contribution in [0.4, 0.5) is 0 Å². The van der Waals surface area contributed by atoms with Crippen molar-refractivity contribution in [3.05, 3.63) is 42.0 Å². The molecule has 0 saturated heterocycles. The van der Waals surface area contributed by atoms with E-state index in [2.05, 4.69) is 23.5 Å². The van der Waals surface area contributed by atoms with Crippen LogP contribution in [0.3, 0.4) is 0 Å². The Labute approximate surface area is 92.0 Å². The molecule has 0 amide bonds. The summed E-state index contributed by atoms with van der Waals surface area (Å²) in [7, 11) is 3.68. The van der Waals surface area contributed by atoms with E-state index < -0.39 is 0 Å².